The Balaban J connectivity index is 2.18. The number of aliphatic imine (C=N–C) groups is 1. The number of rotatable bonds is 3. The third-order valence-electron chi connectivity index (χ3n) is 2.80. The Morgan fingerprint density at radius 2 is 1.95 bits per heavy atom. The van der Waals surface area contributed by atoms with Crippen LogP contribution in [0.1, 0.15) is 5.56 Å². The zero-order valence-corrected chi connectivity index (χ0v) is 12.4. The van der Waals surface area contributed by atoms with Crippen LogP contribution in [0, 0.1) is 0 Å². The molecule has 0 aliphatic carbocycles. The van der Waals surface area contributed by atoms with Gasteiger partial charge in [0.2, 0.25) is 0 Å². The Morgan fingerprint density at radius 3 is 2.55 bits per heavy atom. The molecule has 1 heterocycles. The molecule has 0 radical (unpaired) electrons. The molecule has 0 saturated carbocycles. The molecule has 6 heteroatoms. The number of benzene rings is 1. The van der Waals surface area contributed by atoms with Gasteiger partial charge in [0.1, 0.15) is 12.7 Å². The lowest BCUT2D eigenvalue weighted by Crippen LogP contribution is -2.35. The first kappa shape index (κ1) is 14.0. The van der Waals surface area contributed by atoms with E-state index in [1.165, 1.54) is 6.33 Å². The standard InChI is InChI=1S/C14H20N6/c1-18(2)14(19(3)4)16-9-12-6-5-7-13(8-12)20-11-15-10-17-20/h5-8,10-11H,9H2,1-4H3. The first-order chi connectivity index (χ1) is 9.58. The van der Waals surface area contributed by atoms with E-state index in [-0.39, 0.29) is 0 Å². The molecule has 0 bridgehead atoms. The van der Waals surface area contributed by atoms with Crippen molar-refractivity contribution in [2.24, 2.45) is 4.99 Å². The highest BCUT2D eigenvalue weighted by Crippen LogP contribution is 2.10. The Morgan fingerprint density at radius 1 is 1.20 bits per heavy atom. The molecule has 0 spiro atoms. The van der Waals surface area contributed by atoms with E-state index in [9.17, 15) is 0 Å². The summed E-state index contributed by atoms with van der Waals surface area (Å²) in [6, 6.07) is 8.14. The summed E-state index contributed by atoms with van der Waals surface area (Å²) in [5.74, 6) is 0.941. The SMILES string of the molecule is CN(C)C(=NCc1cccc(-n2cncn2)c1)N(C)C. The predicted octanol–water partition coefficient (Wildman–Crippen LogP) is 1.25. The van der Waals surface area contributed by atoms with Crippen molar-refractivity contribution in [1.82, 2.24) is 24.6 Å². The zero-order chi connectivity index (χ0) is 14.5. The molecule has 106 valence electrons. The molecule has 0 saturated heterocycles. The van der Waals surface area contributed by atoms with Crippen molar-refractivity contribution in [2.45, 2.75) is 6.54 Å². The van der Waals surface area contributed by atoms with Crippen molar-refractivity contribution in [2.75, 3.05) is 28.2 Å². The van der Waals surface area contributed by atoms with Crippen LogP contribution in [0.5, 0.6) is 0 Å². The van der Waals surface area contributed by atoms with Gasteiger partial charge in [-0.25, -0.2) is 14.7 Å². The molecule has 1 aromatic carbocycles. The molecule has 1 aromatic heterocycles. The van der Waals surface area contributed by atoms with Gasteiger partial charge in [-0.2, -0.15) is 5.10 Å². The molecule has 6 nitrogen and oxygen atoms in total. The van der Waals surface area contributed by atoms with Crippen LogP contribution in [-0.4, -0.2) is 58.7 Å². The fourth-order valence-corrected chi connectivity index (χ4v) is 1.98. The minimum absolute atomic E-state index is 0.633. The fraction of sp³-hybridized carbons (Fsp3) is 0.357. The normalized spacial score (nSPS) is 10.2. The summed E-state index contributed by atoms with van der Waals surface area (Å²) in [5.41, 5.74) is 2.13. The minimum Gasteiger partial charge on any atom is -0.349 e. The van der Waals surface area contributed by atoms with Crippen molar-refractivity contribution in [1.29, 1.82) is 0 Å². The van der Waals surface area contributed by atoms with Crippen molar-refractivity contribution < 1.29 is 0 Å². The van der Waals surface area contributed by atoms with Crippen molar-refractivity contribution in [3.8, 4) is 5.69 Å². The first-order valence-electron chi connectivity index (χ1n) is 6.41. The second-order valence-electron chi connectivity index (χ2n) is 4.92. The zero-order valence-electron chi connectivity index (χ0n) is 12.4. The Kier molecular flexibility index (Phi) is 4.34. The number of guanidine groups is 1. The summed E-state index contributed by atoms with van der Waals surface area (Å²) in [5, 5.41) is 4.13. The monoisotopic (exact) mass is 272 g/mol. The van der Waals surface area contributed by atoms with Crippen LogP contribution in [0.3, 0.4) is 0 Å². The highest BCUT2D eigenvalue weighted by Gasteiger charge is 2.04. The maximum absolute atomic E-state index is 4.64. The highest BCUT2D eigenvalue weighted by atomic mass is 15.3. The largest absolute Gasteiger partial charge is 0.349 e. The van der Waals surface area contributed by atoms with E-state index in [1.807, 2.05) is 50.1 Å². The molecule has 2 aromatic rings. The van der Waals surface area contributed by atoms with Crippen LogP contribution < -0.4 is 0 Å². The van der Waals surface area contributed by atoms with Crippen LogP contribution in [-0.2, 0) is 6.54 Å². The van der Waals surface area contributed by atoms with Gasteiger partial charge >= 0.3 is 0 Å². The summed E-state index contributed by atoms with van der Waals surface area (Å²) < 4.78 is 1.74. The van der Waals surface area contributed by atoms with Gasteiger partial charge in [-0.15, -0.1) is 0 Å². The summed E-state index contributed by atoms with van der Waals surface area (Å²) in [7, 11) is 7.96. The Hall–Kier alpha value is -2.37. The molecule has 0 N–H and O–H groups in total. The van der Waals surface area contributed by atoms with Crippen LogP contribution in [0.15, 0.2) is 41.9 Å². The smallest absolute Gasteiger partial charge is 0.195 e. The van der Waals surface area contributed by atoms with Gasteiger partial charge in [0, 0.05) is 28.2 Å². The quantitative estimate of drug-likeness (QED) is 0.623. The highest BCUT2D eigenvalue weighted by molar-refractivity contribution is 5.79. The molecule has 0 unspecified atom stereocenters. The molecule has 2 rings (SSSR count). The number of hydrogen-bond acceptors (Lipinski definition) is 3. The summed E-state index contributed by atoms with van der Waals surface area (Å²) in [6.07, 6.45) is 3.22. The van der Waals surface area contributed by atoms with E-state index in [2.05, 4.69) is 27.2 Å². The lowest BCUT2D eigenvalue weighted by molar-refractivity contribution is 0.479. The Bertz CT molecular complexity index is 561. The Labute approximate surface area is 119 Å². The molecular weight excluding hydrogens is 252 g/mol. The van der Waals surface area contributed by atoms with E-state index >= 15 is 0 Å². The van der Waals surface area contributed by atoms with Gasteiger partial charge in [0.05, 0.1) is 12.2 Å². The number of hydrogen-bond donors (Lipinski definition) is 0. The minimum atomic E-state index is 0.633. The number of aromatic nitrogens is 3. The average Bonchev–Trinajstić information content (AvgIpc) is 2.92. The van der Waals surface area contributed by atoms with E-state index in [0.717, 1.165) is 17.2 Å². The number of nitrogens with zero attached hydrogens (tertiary/aromatic N) is 6. The molecule has 0 amide bonds. The molecular formula is C14H20N6. The van der Waals surface area contributed by atoms with Crippen LogP contribution in [0.4, 0.5) is 0 Å². The third kappa shape index (κ3) is 3.34. The molecule has 20 heavy (non-hydrogen) atoms. The van der Waals surface area contributed by atoms with Crippen molar-refractivity contribution in [3.63, 3.8) is 0 Å². The van der Waals surface area contributed by atoms with Gasteiger partial charge in [0.15, 0.2) is 5.96 Å². The fourth-order valence-electron chi connectivity index (χ4n) is 1.98. The van der Waals surface area contributed by atoms with Gasteiger partial charge in [-0.05, 0) is 17.7 Å². The van der Waals surface area contributed by atoms with E-state index in [1.54, 1.807) is 11.0 Å². The third-order valence-corrected chi connectivity index (χ3v) is 2.80. The van der Waals surface area contributed by atoms with Gasteiger partial charge < -0.3 is 9.80 Å². The van der Waals surface area contributed by atoms with Gasteiger partial charge in [-0.1, -0.05) is 12.1 Å². The van der Waals surface area contributed by atoms with Crippen molar-refractivity contribution in [3.05, 3.63) is 42.5 Å². The summed E-state index contributed by atoms with van der Waals surface area (Å²) >= 11 is 0. The molecule has 0 atom stereocenters. The van der Waals surface area contributed by atoms with Crippen molar-refractivity contribution >= 4 is 5.96 Å². The molecule has 0 aliphatic rings. The maximum Gasteiger partial charge on any atom is 0.195 e. The average molecular weight is 272 g/mol. The van der Waals surface area contributed by atoms with Crippen LogP contribution in [0.2, 0.25) is 0 Å². The van der Waals surface area contributed by atoms with Gasteiger partial charge in [0.25, 0.3) is 0 Å². The second kappa shape index (κ2) is 6.18. The van der Waals surface area contributed by atoms with E-state index in [0.29, 0.717) is 6.54 Å². The van der Waals surface area contributed by atoms with E-state index in [4.69, 9.17) is 0 Å². The van der Waals surface area contributed by atoms with Crippen LogP contribution in [0.25, 0.3) is 5.69 Å². The summed E-state index contributed by atoms with van der Waals surface area (Å²) in [4.78, 5) is 12.6. The van der Waals surface area contributed by atoms with Crippen LogP contribution >= 0.6 is 0 Å². The molecule has 0 fully saturated rings. The summed E-state index contributed by atoms with van der Waals surface area (Å²) in [6.45, 7) is 0.633. The second-order valence-corrected chi connectivity index (χ2v) is 4.92. The predicted molar refractivity (Wildman–Crippen MR) is 79.9 cm³/mol. The maximum atomic E-state index is 4.64. The lowest BCUT2D eigenvalue weighted by Gasteiger charge is -2.22. The topological polar surface area (TPSA) is 49.6 Å². The lowest BCUT2D eigenvalue weighted by atomic mass is 10.2. The molecule has 0 aliphatic heterocycles. The van der Waals surface area contributed by atoms with Gasteiger partial charge in [-0.3, -0.25) is 0 Å². The van der Waals surface area contributed by atoms with E-state index < -0.39 is 0 Å². The first-order valence-corrected chi connectivity index (χ1v) is 6.41.